The van der Waals surface area contributed by atoms with E-state index in [4.69, 9.17) is 4.74 Å². The number of nitrogens with one attached hydrogen (secondary N) is 2. The number of benzene rings is 2. The van der Waals surface area contributed by atoms with E-state index < -0.39 is 17.7 Å². The predicted molar refractivity (Wildman–Crippen MR) is 94.2 cm³/mol. The molecule has 0 aliphatic rings. The molecule has 0 aliphatic carbocycles. The number of hydrogen-bond donors (Lipinski definition) is 2. The molecule has 2 aromatic carbocycles. The van der Waals surface area contributed by atoms with E-state index in [2.05, 4.69) is 15.7 Å². The van der Waals surface area contributed by atoms with E-state index in [0.29, 0.717) is 22.7 Å². The Morgan fingerprint density at radius 2 is 1.85 bits per heavy atom. The van der Waals surface area contributed by atoms with Crippen LogP contribution in [0.4, 0.5) is 25.0 Å². The van der Waals surface area contributed by atoms with Crippen molar-refractivity contribution in [2.45, 2.75) is 0 Å². The van der Waals surface area contributed by atoms with Gasteiger partial charge in [0.15, 0.2) is 5.82 Å². The third-order valence-electron chi connectivity index (χ3n) is 3.69. The number of carbonyl (C=O) groups excluding carboxylic acids is 1. The molecule has 1 aromatic heterocycles. The van der Waals surface area contributed by atoms with Crippen LogP contribution >= 0.6 is 0 Å². The van der Waals surface area contributed by atoms with Crippen LogP contribution in [0.3, 0.4) is 0 Å². The van der Waals surface area contributed by atoms with Gasteiger partial charge in [0, 0.05) is 24.0 Å². The fourth-order valence-corrected chi connectivity index (χ4v) is 2.54. The van der Waals surface area contributed by atoms with E-state index in [1.807, 2.05) is 0 Å². The molecule has 6 nitrogen and oxygen atoms in total. The standard InChI is InChI=1S/C18H16F2N4O2/c1-24-17(15(20)10-21-24)14-9-13(6-7-16(14)26-2)23-18(25)22-12-5-3-4-11(19)8-12/h3-10H,1-2H3,(H2,22,23,25). The fraction of sp³-hybridized carbons (Fsp3) is 0.111. The average molecular weight is 358 g/mol. The molecule has 26 heavy (non-hydrogen) atoms. The van der Waals surface area contributed by atoms with Crippen molar-refractivity contribution in [3.05, 3.63) is 60.3 Å². The molecule has 0 spiro atoms. The minimum Gasteiger partial charge on any atom is -0.496 e. The molecule has 1 heterocycles. The summed E-state index contributed by atoms with van der Waals surface area (Å²) in [5.74, 6) is -0.531. The number of amides is 2. The van der Waals surface area contributed by atoms with E-state index in [0.717, 1.165) is 6.20 Å². The molecule has 0 unspecified atom stereocenters. The average Bonchev–Trinajstić information content (AvgIpc) is 2.93. The molecular formula is C18H16F2N4O2. The van der Waals surface area contributed by atoms with Crippen molar-refractivity contribution in [2.24, 2.45) is 7.05 Å². The van der Waals surface area contributed by atoms with Crippen LogP contribution in [0.2, 0.25) is 0 Å². The van der Waals surface area contributed by atoms with Crippen molar-refractivity contribution in [1.82, 2.24) is 9.78 Å². The summed E-state index contributed by atoms with van der Waals surface area (Å²) in [6, 6.07) is 9.77. The van der Waals surface area contributed by atoms with Gasteiger partial charge in [0.05, 0.1) is 13.3 Å². The van der Waals surface area contributed by atoms with E-state index in [-0.39, 0.29) is 5.69 Å². The molecule has 8 heteroatoms. The first-order valence-electron chi connectivity index (χ1n) is 7.67. The molecule has 0 bridgehead atoms. The fourth-order valence-electron chi connectivity index (χ4n) is 2.54. The minimum absolute atomic E-state index is 0.232. The largest absolute Gasteiger partial charge is 0.496 e. The molecule has 2 N–H and O–H groups in total. The first-order valence-corrected chi connectivity index (χ1v) is 7.67. The number of hydrogen-bond acceptors (Lipinski definition) is 3. The normalized spacial score (nSPS) is 10.5. The lowest BCUT2D eigenvalue weighted by Crippen LogP contribution is -2.19. The predicted octanol–water partition coefficient (Wildman–Crippen LogP) is 4.02. The lowest BCUT2D eigenvalue weighted by molar-refractivity contribution is 0.262. The second-order valence-corrected chi connectivity index (χ2v) is 5.47. The second-order valence-electron chi connectivity index (χ2n) is 5.47. The minimum atomic E-state index is -0.558. The number of anilines is 2. The topological polar surface area (TPSA) is 68.2 Å². The summed E-state index contributed by atoms with van der Waals surface area (Å²) in [5, 5.41) is 9.02. The number of aryl methyl sites for hydroxylation is 1. The van der Waals surface area contributed by atoms with Gasteiger partial charge in [0.2, 0.25) is 0 Å². The summed E-state index contributed by atoms with van der Waals surface area (Å²) >= 11 is 0. The molecule has 3 aromatic rings. The number of ether oxygens (including phenoxy) is 1. The second kappa shape index (κ2) is 7.22. The van der Waals surface area contributed by atoms with E-state index in [9.17, 15) is 13.6 Å². The Hall–Kier alpha value is -3.42. The first kappa shape index (κ1) is 17.4. The van der Waals surface area contributed by atoms with Crippen LogP contribution in [0.15, 0.2) is 48.7 Å². The van der Waals surface area contributed by atoms with Gasteiger partial charge in [-0.3, -0.25) is 4.68 Å². The van der Waals surface area contributed by atoms with Gasteiger partial charge in [-0.15, -0.1) is 0 Å². The summed E-state index contributed by atoms with van der Waals surface area (Å²) in [6.45, 7) is 0. The monoisotopic (exact) mass is 358 g/mol. The Kier molecular flexibility index (Phi) is 4.83. The summed E-state index contributed by atoms with van der Waals surface area (Å²) in [4.78, 5) is 12.1. The zero-order valence-corrected chi connectivity index (χ0v) is 14.1. The quantitative estimate of drug-likeness (QED) is 0.740. The lowest BCUT2D eigenvalue weighted by Gasteiger charge is -2.13. The van der Waals surface area contributed by atoms with Crippen LogP contribution in [-0.2, 0) is 7.05 Å². The zero-order chi connectivity index (χ0) is 18.7. The van der Waals surface area contributed by atoms with Crippen LogP contribution in [0.25, 0.3) is 11.3 Å². The number of carbonyl (C=O) groups is 1. The summed E-state index contributed by atoms with van der Waals surface area (Å²) in [6.07, 6.45) is 1.10. The SMILES string of the molecule is COc1ccc(NC(=O)Nc2cccc(F)c2)cc1-c1c(F)cnn1C. The van der Waals surface area contributed by atoms with Gasteiger partial charge in [0.25, 0.3) is 0 Å². The zero-order valence-electron chi connectivity index (χ0n) is 14.1. The van der Waals surface area contributed by atoms with E-state index >= 15 is 0 Å². The third-order valence-corrected chi connectivity index (χ3v) is 3.69. The number of rotatable bonds is 4. The van der Waals surface area contributed by atoms with E-state index in [1.165, 1.54) is 30.0 Å². The van der Waals surface area contributed by atoms with Gasteiger partial charge in [-0.25, -0.2) is 13.6 Å². The van der Waals surface area contributed by atoms with Crippen LogP contribution in [0.5, 0.6) is 5.75 Å². The van der Waals surface area contributed by atoms with E-state index in [1.54, 1.807) is 31.3 Å². The highest BCUT2D eigenvalue weighted by molar-refractivity contribution is 6.00. The van der Waals surface area contributed by atoms with Crippen molar-refractivity contribution in [3.8, 4) is 17.0 Å². The summed E-state index contributed by atoms with van der Waals surface area (Å²) in [7, 11) is 3.07. The van der Waals surface area contributed by atoms with Gasteiger partial charge in [-0.1, -0.05) is 6.07 Å². The number of halogens is 2. The van der Waals surface area contributed by atoms with Gasteiger partial charge < -0.3 is 15.4 Å². The number of methoxy groups -OCH3 is 1. The highest BCUT2D eigenvalue weighted by atomic mass is 19.1. The maximum Gasteiger partial charge on any atom is 0.323 e. The molecule has 0 saturated heterocycles. The number of nitrogens with zero attached hydrogens (tertiary/aromatic N) is 2. The Morgan fingerprint density at radius 1 is 1.12 bits per heavy atom. The van der Waals surface area contributed by atoms with Gasteiger partial charge >= 0.3 is 6.03 Å². The molecule has 0 aliphatic heterocycles. The van der Waals surface area contributed by atoms with Crippen LogP contribution in [0.1, 0.15) is 0 Å². The van der Waals surface area contributed by atoms with Crippen molar-refractivity contribution in [3.63, 3.8) is 0 Å². The lowest BCUT2D eigenvalue weighted by atomic mass is 10.1. The smallest absolute Gasteiger partial charge is 0.323 e. The maximum absolute atomic E-state index is 14.1. The molecule has 3 rings (SSSR count). The molecule has 0 saturated carbocycles. The summed E-state index contributed by atoms with van der Waals surface area (Å²) < 4.78 is 33.9. The third kappa shape index (κ3) is 3.64. The highest BCUT2D eigenvalue weighted by Gasteiger charge is 2.16. The van der Waals surface area contributed by atoms with Gasteiger partial charge in [-0.05, 0) is 36.4 Å². The molecule has 134 valence electrons. The molecule has 0 fully saturated rings. The maximum atomic E-state index is 14.1. The Labute approximate surface area is 148 Å². The Morgan fingerprint density at radius 3 is 2.46 bits per heavy atom. The molecule has 0 atom stereocenters. The van der Waals surface area contributed by atoms with Gasteiger partial charge in [-0.2, -0.15) is 5.10 Å². The first-order chi connectivity index (χ1) is 12.5. The van der Waals surface area contributed by atoms with Crippen LogP contribution in [0, 0.1) is 11.6 Å². The Balaban J connectivity index is 1.85. The van der Waals surface area contributed by atoms with Crippen molar-refractivity contribution in [2.75, 3.05) is 17.7 Å². The van der Waals surface area contributed by atoms with Gasteiger partial charge in [0.1, 0.15) is 17.3 Å². The summed E-state index contributed by atoms with van der Waals surface area (Å²) in [5.41, 5.74) is 1.40. The highest BCUT2D eigenvalue weighted by Crippen LogP contribution is 2.33. The number of urea groups is 1. The molecular weight excluding hydrogens is 342 g/mol. The van der Waals surface area contributed by atoms with Crippen LogP contribution in [-0.4, -0.2) is 22.9 Å². The van der Waals surface area contributed by atoms with Crippen LogP contribution < -0.4 is 15.4 Å². The molecule has 2 amide bonds. The molecule has 0 radical (unpaired) electrons. The van der Waals surface area contributed by atoms with Crippen molar-refractivity contribution in [1.29, 1.82) is 0 Å². The van der Waals surface area contributed by atoms with Crippen molar-refractivity contribution >= 4 is 17.4 Å². The number of aromatic nitrogens is 2. The Bertz CT molecular complexity index is 937. The van der Waals surface area contributed by atoms with Crippen molar-refractivity contribution < 1.29 is 18.3 Å².